The van der Waals surface area contributed by atoms with Gasteiger partial charge in [-0.25, -0.2) is 0 Å². The Morgan fingerprint density at radius 2 is 2.00 bits per heavy atom. The molecule has 4 nitrogen and oxygen atoms in total. The van der Waals surface area contributed by atoms with Gasteiger partial charge in [-0.2, -0.15) is 0 Å². The average Bonchev–Trinajstić information content (AvgIpc) is 2.52. The minimum atomic E-state index is 0.653. The fourth-order valence-corrected chi connectivity index (χ4v) is 2.71. The largest absolute Gasteiger partial charge is 0.370 e. The van der Waals surface area contributed by atoms with Gasteiger partial charge in [0.05, 0.1) is 19.8 Å². The molecule has 1 aliphatic heterocycles. The SMILES string of the molecule is S=C(NCCC[NH+]1CCOCC1)NCc1ccccc1Cl. The van der Waals surface area contributed by atoms with Gasteiger partial charge in [0.2, 0.25) is 0 Å². The quantitative estimate of drug-likeness (QED) is 0.528. The molecule has 0 aromatic heterocycles. The Labute approximate surface area is 136 Å². The van der Waals surface area contributed by atoms with Crippen molar-refractivity contribution >= 4 is 28.9 Å². The Hall–Kier alpha value is -0.880. The summed E-state index contributed by atoms with van der Waals surface area (Å²) >= 11 is 11.4. The fraction of sp³-hybridized carbons (Fsp3) is 0.533. The summed E-state index contributed by atoms with van der Waals surface area (Å²) in [6, 6.07) is 7.79. The van der Waals surface area contributed by atoms with E-state index < -0.39 is 0 Å². The predicted octanol–water partition coefficient (Wildman–Crippen LogP) is 0.609. The lowest BCUT2D eigenvalue weighted by Gasteiger charge is -2.23. The van der Waals surface area contributed by atoms with E-state index in [0.717, 1.165) is 49.9 Å². The van der Waals surface area contributed by atoms with Crippen LogP contribution in [0.15, 0.2) is 24.3 Å². The summed E-state index contributed by atoms with van der Waals surface area (Å²) < 4.78 is 5.35. The van der Waals surface area contributed by atoms with Crippen LogP contribution in [0.3, 0.4) is 0 Å². The zero-order valence-electron chi connectivity index (χ0n) is 12.2. The second kappa shape index (κ2) is 9.20. The van der Waals surface area contributed by atoms with Crippen LogP contribution in [0, 0.1) is 0 Å². The minimum Gasteiger partial charge on any atom is -0.370 e. The number of hydrogen-bond donors (Lipinski definition) is 3. The lowest BCUT2D eigenvalue weighted by Crippen LogP contribution is -3.14. The van der Waals surface area contributed by atoms with Crippen LogP contribution in [0.1, 0.15) is 12.0 Å². The molecular weight excluding hydrogens is 306 g/mol. The van der Waals surface area contributed by atoms with Crippen LogP contribution in [-0.2, 0) is 11.3 Å². The highest BCUT2D eigenvalue weighted by molar-refractivity contribution is 7.80. The fourth-order valence-electron chi connectivity index (χ4n) is 2.33. The van der Waals surface area contributed by atoms with Gasteiger partial charge in [0.15, 0.2) is 5.11 Å². The summed E-state index contributed by atoms with van der Waals surface area (Å²) in [5.74, 6) is 0. The Morgan fingerprint density at radius 1 is 1.24 bits per heavy atom. The van der Waals surface area contributed by atoms with Gasteiger partial charge in [0.1, 0.15) is 13.1 Å². The molecule has 0 unspecified atom stereocenters. The lowest BCUT2D eigenvalue weighted by molar-refractivity contribution is -0.908. The first-order valence-corrected chi connectivity index (χ1v) is 8.21. The van der Waals surface area contributed by atoms with Gasteiger partial charge >= 0.3 is 0 Å². The van der Waals surface area contributed by atoms with Crippen molar-refractivity contribution in [1.29, 1.82) is 0 Å². The molecule has 21 heavy (non-hydrogen) atoms. The van der Waals surface area contributed by atoms with Gasteiger partial charge in [0.25, 0.3) is 0 Å². The monoisotopic (exact) mass is 328 g/mol. The standard InChI is InChI=1S/C15H22ClN3OS/c16-14-5-2-1-4-13(14)12-18-15(21)17-6-3-7-19-8-10-20-11-9-19/h1-2,4-5H,3,6-12H2,(H2,17,18,21)/p+1. The van der Waals surface area contributed by atoms with E-state index in [2.05, 4.69) is 10.6 Å². The molecule has 1 aromatic carbocycles. The van der Waals surface area contributed by atoms with Crippen LogP contribution in [0.5, 0.6) is 0 Å². The minimum absolute atomic E-state index is 0.653. The number of quaternary nitrogens is 1. The van der Waals surface area contributed by atoms with Crippen molar-refractivity contribution in [2.75, 3.05) is 39.4 Å². The van der Waals surface area contributed by atoms with Crippen LogP contribution in [0.25, 0.3) is 0 Å². The van der Waals surface area contributed by atoms with E-state index in [9.17, 15) is 0 Å². The smallest absolute Gasteiger partial charge is 0.166 e. The maximum atomic E-state index is 6.10. The zero-order valence-corrected chi connectivity index (χ0v) is 13.7. The summed E-state index contributed by atoms with van der Waals surface area (Å²) in [5.41, 5.74) is 1.06. The Morgan fingerprint density at radius 3 is 2.76 bits per heavy atom. The van der Waals surface area contributed by atoms with Crippen LogP contribution >= 0.6 is 23.8 Å². The molecule has 116 valence electrons. The topological polar surface area (TPSA) is 37.7 Å². The number of halogens is 1. The van der Waals surface area contributed by atoms with E-state index in [0.29, 0.717) is 11.7 Å². The second-order valence-electron chi connectivity index (χ2n) is 5.17. The number of rotatable bonds is 6. The number of nitrogens with one attached hydrogen (secondary N) is 3. The third-order valence-electron chi connectivity index (χ3n) is 3.59. The van der Waals surface area contributed by atoms with Crippen molar-refractivity contribution < 1.29 is 9.64 Å². The molecule has 0 bridgehead atoms. The predicted molar refractivity (Wildman–Crippen MR) is 89.9 cm³/mol. The molecule has 0 aliphatic carbocycles. The van der Waals surface area contributed by atoms with E-state index in [1.807, 2.05) is 24.3 Å². The van der Waals surface area contributed by atoms with Crippen molar-refractivity contribution in [1.82, 2.24) is 10.6 Å². The average molecular weight is 329 g/mol. The molecule has 0 amide bonds. The molecular formula is C15H23ClN3OS+. The first-order chi connectivity index (χ1) is 10.3. The zero-order chi connectivity index (χ0) is 14.9. The number of ether oxygens (including phenoxy) is 1. The lowest BCUT2D eigenvalue weighted by atomic mass is 10.2. The van der Waals surface area contributed by atoms with Crippen molar-refractivity contribution in [3.8, 4) is 0 Å². The Kier molecular flexibility index (Phi) is 7.23. The number of morpholine rings is 1. The summed E-state index contributed by atoms with van der Waals surface area (Å²) in [6.45, 7) is 6.74. The van der Waals surface area contributed by atoms with E-state index in [1.54, 1.807) is 4.90 Å². The number of thiocarbonyl (C=S) groups is 1. The number of hydrogen-bond acceptors (Lipinski definition) is 2. The highest BCUT2D eigenvalue weighted by atomic mass is 35.5. The maximum absolute atomic E-state index is 6.10. The Bertz CT molecular complexity index is 452. The van der Waals surface area contributed by atoms with E-state index >= 15 is 0 Å². The molecule has 1 aromatic rings. The van der Waals surface area contributed by atoms with E-state index in [4.69, 9.17) is 28.6 Å². The van der Waals surface area contributed by atoms with Crippen LogP contribution in [0.2, 0.25) is 5.02 Å². The molecule has 0 saturated carbocycles. The summed E-state index contributed by atoms with van der Waals surface area (Å²) in [4.78, 5) is 1.62. The van der Waals surface area contributed by atoms with Crippen LogP contribution in [-0.4, -0.2) is 44.5 Å². The molecule has 1 aliphatic rings. The molecule has 3 N–H and O–H groups in total. The summed E-state index contributed by atoms with van der Waals surface area (Å²) in [5, 5.41) is 7.89. The summed E-state index contributed by atoms with van der Waals surface area (Å²) in [6.07, 6.45) is 1.11. The normalized spacial score (nSPS) is 15.7. The van der Waals surface area contributed by atoms with Gasteiger partial charge < -0.3 is 20.3 Å². The van der Waals surface area contributed by atoms with Crippen molar-refractivity contribution in [2.24, 2.45) is 0 Å². The molecule has 2 rings (SSSR count). The third-order valence-corrected chi connectivity index (χ3v) is 4.25. The Balaban J connectivity index is 1.56. The van der Waals surface area contributed by atoms with Gasteiger partial charge in [0, 0.05) is 24.5 Å². The first kappa shape index (κ1) is 16.5. The van der Waals surface area contributed by atoms with Crippen molar-refractivity contribution in [3.05, 3.63) is 34.9 Å². The molecule has 1 saturated heterocycles. The second-order valence-corrected chi connectivity index (χ2v) is 5.98. The highest BCUT2D eigenvalue weighted by Crippen LogP contribution is 2.13. The van der Waals surface area contributed by atoms with E-state index in [-0.39, 0.29) is 0 Å². The van der Waals surface area contributed by atoms with Gasteiger partial charge in [-0.05, 0) is 23.8 Å². The highest BCUT2D eigenvalue weighted by Gasteiger charge is 2.12. The van der Waals surface area contributed by atoms with Gasteiger partial charge in [-0.3, -0.25) is 0 Å². The van der Waals surface area contributed by atoms with Crippen molar-refractivity contribution in [2.45, 2.75) is 13.0 Å². The van der Waals surface area contributed by atoms with Crippen LogP contribution < -0.4 is 15.5 Å². The molecule has 0 atom stereocenters. The molecule has 6 heteroatoms. The van der Waals surface area contributed by atoms with E-state index in [1.165, 1.54) is 6.54 Å². The molecule has 0 spiro atoms. The van der Waals surface area contributed by atoms with Crippen LogP contribution in [0.4, 0.5) is 0 Å². The van der Waals surface area contributed by atoms with Gasteiger partial charge in [-0.1, -0.05) is 29.8 Å². The summed E-state index contributed by atoms with van der Waals surface area (Å²) in [7, 11) is 0. The van der Waals surface area contributed by atoms with Crippen molar-refractivity contribution in [3.63, 3.8) is 0 Å². The third kappa shape index (κ3) is 6.18. The molecule has 1 heterocycles. The maximum Gasteiger partial charge on any atom is 0.166 e. The number of benzene rings is 1. The first-order valence-electron chi connectivity index (χ1n) is 7.42. The molecule has 0 radical (unpaired) electrons. The van der Waals surface area contributed by atoms with Gasteiger partial charge in [-0.15, -0.1) is 0 Å². The molecule has 1 fully saturated rings.